The molecule has 0 saturated heterocycles. The summed E-state index contributed by atoms with van der Waals surface area (Å²) < 4.78 is 18.7. The van der Waals surface area contributed by atoms with Crippen molar-refractivity contribution in [2.45, 2.75) is 31.9 Å². The first-order valence-electron chi connectivity index (χ1n) is 5.54. The Balaban J connectivity index is 1.84. The van der Waals surface area contributed by atoms with Gasteiger partial charge >= 0.3 is 0 Å². The summed E-state index contributed by atoms with van der Waals surface area (Å²) in [6.07, 6.45) is 2.17. The second kappa shape index (κ2) is 5.02. The van der Waals surface area contributed by atoms with Gasteiger partial charge in [0.25, 0.3) is 0 Å². The molecule has 2 rings (SSSR count). The van der Waals surface area contributed by atoms with E-state index in [-0.39, 0.29) is 11.1 Å². The van der Waals surface area contributed by atoms with Crippen molar-refractivity contribution in [2.75, 3.05) is 6.54 Å². The van der Waals surface area contributed by atoms with Crippen molar-refractivity contribution in [1.82, 2.24) is 5.32 Å². The van der Waals surface area contributed by atoms with E-state index in [1.54, 1.807) is 6.07 Å². The molecule has 1 aromatic carbocycles. The SMILES string of the molecule is CCNC1CC(Oc2ccc(Cl)c(F)c2)C1. The molecule has 0 aliphatic heterocycles. The van der Waals surface area contributed by atoms with Gasteiger partial charge in [0.1, 0.15) is 17.7 Å². The molecule has 0 unspecified atom stereocenters. The minimum absolute atomic E-state index is 0.131. The molecule has 16 heavy (non-hydrogen) atoms. The number of nitrogens with one attached hydrogen (secondary N) is 1. The number of hydrogen-bond donors (Lipinski definition) is 1. The van der Waals surface area contributed by atoms with Gasteiger partial charge in [0.05, 0.1) is 5.02 Å². The third kappa shape index (κ3) is 2.66. The van der Waals surface area contributed by atoms with E-state index in [9.17, 15) is 4.39 Å². The number of benzene rings is 1. The Morgan fingerprint density at radius 1 is 1.50 bits per heavy atom. The molecule has 1 aliphatic rings. The third-order valence-electron chi connectivity index (χ3n) is 2.78. The lowest BCUT2D eigenvalue weighted by Crippen LogP contribution is -2.46. The van der Waals surface area contributed by atoms with Crippen LogP contribution >= 0.6 is 11.6 Å². The van der Waals surface area contributed by atoms with E-state index in [0.29, 0.717) is 11.8 Å². The van der Waals surface area contributed by atoms with Gasteiger partial charge in [-0.2, -0.15) is 0 Å². The summed E-state index contributed by atoms with van der Waals surface area (Å²) in [6, 6.07) is 5.11. The van der Waals surface area contributed by atoms with Crippen LogP contribution in [0.5, 0.6) is 5.75 Å². The van der Waals surface area contributed by atoms with E-state index in [1.807, 2.05) is 0 Å². The summed E-state index contributed by atoms with van der Waals surface area (Å²) in [4.78, 5) is 0. The highest BCUT2D eigenvalue weighted by atomic mass is 35.5. The molecule has 1 saturated carbocycles. The zero-order valence-corrected chi connectivity index (χ0v) is 9.93. The summed E-state index contributed by atoms with van der Waals surface area (Å²) in [5.74, 6) is 0.128. The first-order chi connectivity index (χ1) is 7.69. The number of halogens is 2. The van der Waals surface area contributed by atoms with Crippen molar-refractivity contribution in [3.63, 3.8) is 0 Å². The monoisotopic (exact) mass is 243 g/mol. The van der Waals surface area contributed by atoms with Gasteiger partial charge in [-0.25, -0.2) is 4.39 Å². The average Bonchev–Trinajstić information content (AvgIpc) is 2.20. The normalized spacial score (nSPS) is 23.9. The fourth-order valence-corrected chi connectivity index (χ4v) is 1.98. The summed E-state index contributed by atoms with van der Waals surface area (Å²) in [5.41, 5.74) is 0. The van der Waals surface area contributed by atoms with Crippen LogP contribution < -0.4 is 10.1 Å². The lowest BCUT2D eigenvalue weighted by molar-refractivity contribution is 0.0856. The van der Waals surface area contributed by atoms with Crippen LogP contribution in [-0.4, -0.2) is 18.7 Å². The predicted molar refractivity (Wildman–Crippen MR) is 62.5 cm³/mol. The molecule has 1 fully saturated rings. The van der Waals surface area contributed by atoms with Crippen molar-refractivity contribution in [3.8, 4) is 5.75 Å². The molecule has 2 nitrogen and oxygen atoms in total. The van der Waals surface area contributed by atoms with Gasteiger partial charge in [0, 0.05) is 12.1 Å². The molecule has 0 spiro atoms. The summed E-state index contributed by atoms with van der Waals surface area (Å²) in [5, 5.41) is 3.47. The lowest BCUT2D eigenvalue weighted by atomic mass is 9.89. The van der Waals surface area contributed by atoms with Crippen LogP contribution in [0.3, 0.4) is 0 Å². The number of rotatable bonds is 4. The van der Waals surface area contributed by atoms with Crippen molar-refractivity contribution >= 4 is 11.6 Å². The minimum Gasteiger partial charge on any atom is -0.490 e. The Morgan fingerprint density at radius 2 is 2.25 bits per heavy atom. The molecule has 1 N–H and O–H groups in total. The van der Waals surface area contributed by atoms with E-state index in [0.717, 1.165) is 19.4 Å². The smallest absolute Gasteiger partial charge is 0.145 e. The van der Waals surface area contributed by atoms with Crippen LogP contribution in [0.1, 0.15) is 19.8 Å². The van der Waals surface area contributed by atoms with Gasteiger partial charge in [-0.1, -0.05) is 18.5 Å². The Labute approximate surface area is 99.7 Å². The topological polar surface area (TPSA) is 21.3 Å². The highest BCUT2D eigenvalue weighted by Gasteiger charge is 2.30. The summed E-state index contributed by atoms with van der Waals surface area (Å²) in [7, 11) is 0. The fraction of sp³-hybridized carbons (Fsp3) is 0.500. The summed E-state index contributed by atoms with van der Waals surface area (Å²) >= 11 is 5.59. The van der Waals surface area contributed by atoms with Gasteiger partial charge < -0.3 is 10.1 Å². The quantitative estimate of drug-likeness (QED) is 0.878. The highest BCUT2D eigenvalue weighted by molar-refractivity contribution is 6.30. The Hall–Kier alpha value is -0.800. The molecule has 0 radical (unpaired) electrons. The molecule has 0 atom stereocenters. The van der Waals surface area contributed by atoms with E-state index >= 15 is 0 Å². The molecule has 88 valence electrons. The van der Waals surface area contributed by atoms with Crippen LogP contribution in [0.4, 0.5) is 4.39 Å². The largest absolute Gasteiger partial charge is 0.490 e. The minimum atomic E-state index is -0.429. The molecule has 0 aromatic heterocycles. The number of hydrogen-bond acceptors (Lipinski definition) is 2. The Kier molecular flexibility index (Phi) is 3.66. The molecule has 4 heteroatoms. The molecule has 0 bridgehead atoms. The first kappa shape index (κ1) is 11.7. The maximum Gasteiger partial charge on any atom is 0.145 e. The molecule has 1 aromatic rings. The molecular weight excluding hydrogens is 229 g/mol. The van der Waals surface area contributed by atoms with Crippen molar-refractivity contribution in [2.24, 2.45) is 0 Å². The van der Waals surface area contributed by atoms with E-state index in [1.165, 1.54) is 12.1 Å². The van der Waals surface area contributed by atoms with Gasteiger partial charge in [-0.3, -0.25) is 0 Å². The Morgan fingerprint density at radius 3 is 2.88 bits per heavy atom. The van der Waals surface area contributed by atoms with Crippen LogP contribution in [-0.2, 0) is 0 Å². The maximum atomic E-state index is 13.1. The van der Waals surface area contributed by atoms with Crippen molar-refractivity contribution in [1.29, 1.82) is 0 Å². The average molecular weight is 244 g/mol. The highest BCUT2D eigenvalue weighted by Crippen LogP contribution is 2.27. The second-order valence-electron chi connectivity index (χ2n) is 4.04. The molecule has 0 heterocycles. The molecule has 1 aliphatic carbocycles. The molecular formula is C12H15ClFNO. The van der Waals surface area contributed by atoms with Gasteiger partial charge in [-0.15, -0.1) is 0 Å². The zero-order valence-electron chi connectivity index (χ0n) is 9.17. The molecule has 0 amide bonds. The third-order valence-corrected chi connectivity index (χ3v) is 3.09. The van der Waals surface area contributed by atoms with Crippen LogP contribution in [0.2, 0.25) is 5.02 Å². The van der Waals surface area contributed by atoms with Crippen molar-refractivity contribution in [3.05, 3.63) is 29.0 Å². The number of ether oxygens (including phenoxy) is 1. The van der Waals surface area contributed by atoms with Gasteiger partial charge in [-0.05, 0) is 31.5 Å². The van der Waals surface area contributed by atoms with E-state index in [4.69, 9.17) is 16.3 Å². The first-order valence-corrected chi connectivity index (χ1v) is 5.92. The zero-order chi connectivity index (χ0) is 11.5. The van der Waals surface area contributed by atoms with Crippen LogP contribution in [0.15, 0.2) is 18.2 Å². The standard InChI is InChI=1S/C12H15ClFNO/c1-2-15-8-5-10(6-8)16-9-3-4-11(13)12(14)7-9/h3-4,7-8,10,15H,2,5-6H2,1H3. The summed E-state index contributed by atoms with van der Waals surface area (Å²) in [6.45, 7) is 3.07. The lowest BCUT2D eigenvalue weighted by Gasteiger charge is -2.35. The van der Waals surface area contributed by atoms with Gasteiger partial charge in [0.15, 0.2) is 0 Å². The van der Waals surface area contributed by atoms with E-state index < -0.39 is 5.82 Å². The van der Waals surface area contributed by atoms with E-state index in [2.05, 4.69) is 12.2 Å². The van der Waals surface area contributed by atoms with Gasteiger partial charge in [0.2, 0.25) is 0 Å². The Bertz CT molecular complexity index is 366. The van der Waals surface area contributed by atoms with Crippen LogP contribution in [0, 0.1) is 5.82 Å². The predicted octanol–water partition coefficient (Wildman–Crippen LogP) is 3.00. The maximum absolute atomic E-state index is 13.1. The van der Waals surface area contributed by atoms with Crippen LogP contribution in [0.25, 0.3) is 0 Å². The van der Waals surface area contributed by atoms with Crippen molar-refractivity contribution < 1.29 is 9.13 Å². The second-order valence-corrected chi connectivity index (χ2v) is 4.45. The fourth-order valence-electron chi connectivity index (χ4n) is 1.86.